The average molecular weight is 408 g/mol. The summed E-state index contributed by atoms with van der Waals surface area (Å²) < 4.78 is 0. The summed E-state index contributed by atoms with van der Waals surface area (Å²) in [6, 6.07) is 0. The molecule has 0 amide bonds. The summed E-state index contributed by atoms with van der Waals surface area (Å²) in [4.78, 5) is 49.8. The predicted molar refractivity (Wildman–Crippen MR) is 104 cm³/mol. The fourth-order valence-electron chi connectivity index (χ4n) is 7.94. The Morgan fingerprint density at radius 2 is 1.80 bits per heavy atom. The first-order chi connectivity index (χ1) is 13.6. The summed E-state index contributed by atoms with van der Waals surface area (Å²) in [6.45, 7) is 6.32. The first kappa shape index (κ1) is 23.7. The minimum Gasteiger partial charge on any atom is -0.550 e. The maximum atomic E-state index is 13.6. The number of fused-ring (bicyclic) bond motifs is 5. The molecule has 0 aromatic heterocycles. The van der Waals surface area contributed by atoms with Gasteiger partial charge in [0, 0.05) is 43.0 Å². The molecule has 4 aliphatic rings. The number of aliphatic carboxylic acids is 1. The maximum absolute atomic E-state index is 13.6. The van der Waals surface area contributed by atoms with Crippen LogP contribution in [0.3, 0.4) is 0 Å². The van der Waals surface area contributed by atoms with Crippen LogP contribution in [0.25, 0.3) is 0 Å². The van der Waals surface area contributed by atoms with Gasteiger partial charge in [-0.25, -0.2) is 0 Å². The van der Waals surface area contributed by atoms with Gasteiger partial charge in [0.2, 0.25) is 0 Å². The van der Waals surface area contributed by atoms with Gasteiger partial charge in [-0.1, -0.05) is 20.8 Å². The predicted octanol–water partition coefficient (Wildman–Crippen LogP) is -0.257. The number of hydrogen-bond donors (Lipinski definition) is 0. The molecule has 8 atom stereocenters. The Balaban J connectivity index is 0.00000256. The van der Waals surface area contributed by atoms with Crippen LogP contribution < -0.4 is 24.0 Å². The smallest absolute Gasteiger partial charge is 0.550 e. The summed E-state index contributed by atoms with van der Waals surface area (Å²) in [5.41, 5.74) is -0.627. The van der Waals surface area contributed by atoms with Crippen LogP contribution in [0.1, 0.15) is 78.6 Å². The Morgan fingerprint density at radius 1 is 1.10 bits per heavy atom. The quantitative estimate of drug-likeness (QED) is 0.598. The molecule has 160 valence electrons. The second kappa shape index (κ2) is 8.21. The normalized spacial score (nSPS) is 43.8. The minimum atomic E-state index is -1.04. The molecule has 0 bridgehead atoms. The van der Waals surface area contributed by atoms with E-state index in [0.717, 1.165) is 19.3 Å². The van der Waals surface area contributed by atoms with Crippen molar-refractivity contribution in [2.75, 3.05) is 0 Å². The summed E-state index contributed by atoms with van der Waals surface area (Å²) in [5.74, 6) is 0.130. The van der Waals surface area contributed by atoms with Crippen molar-refractivity contribution in [3.8, 4) is 0 Å². The van der Waals surface area contributed by atoms with Gasteiger partial charge in [0.1, 0.15) is 17.3 Å². The van der Waals surface area contributed by atoms with Gasteiger partial charge >= 0.3 is 18.9 Å². The zero-order valence-electron chi connectivity index (χ0n) is 18.9. The number of carbonyl (C=O) groups is 4. The van der Waals surface area contributed by atoms with Crippen molar-refractivity contribution in [3.63, 3.8) is 0 Å². The SMILES string of the molecule is C[C@H](CCC(=O)[O-])[C@H]1CCC2C3C(=O)C[C@@H]4CC(=O)CC[C@]4(C)C3CC(=O)[C@@]21C.[Li+]. The Morgan fingerprint density at radius 3 is 2.47 bits per heavy atom. The van der Waals surface area contributed by atoms with Crippen LogP contribution >= 0.6 is 0 Å². The van der Waals surface area contributed by atoms with Crippen LogP contribution in [0.5, 0.6) is 0 Å². The largest absolute Gasteiger partial charge is 1.00 e. The van der Waals surface area contributed by atoms with E-state index in [1.165, 1.54) is 0 Å². The minimum absolute atomic E-state index is 0. The van der Waals surface area contributed by atoms with Gasteiger partial charge in [0.15, 0.2) is 0 Å². The third-order valence-electron chi connectivity index (χ3n) is 9.71. The van der Waals surface area contributed by atoms with Crippen LogP contribution in [-0.2, 0) is 19.2 Å². The second-order valence-electron chi connectivity index (χ2n) is 10.8. The molecule has 0 spiro atoms. The van der Waals surface area contributed by atoms with Crippen molar-refractivity contribution in [2.45, 2.75) is 78.6 Å². The molecule has 0 aromatic rings. The summed E-state index contributed by atoms with van der Waals surface area (Å²) in [5, 5.41) is 10.9. The van der Waals surface area contributed by atoms with Gasteiger partial charge in [-0.3, -0.25) is 14.4 Å². The van der Waals surface area contributed by atoms with Crippen molar-refractivity contribution in [3.05, 3.63) is 0 Å². The maximum Gasteiger partial charge on any atom is 1.00 e. The van der Waals surface area contributed by atoms with Crippen molar-refractivity contribution < 1.29 is 43.1 Å². The van der Waals surface area contributed by atoms with E-state index in [1.54, 1.807) is 0 Å². The van der Waals surface area contributed by atoms with E-state index in [9.17, 15) is 24.3 Å². The van der Waals surface area contributed by atoms with Crippen LogP contribution in [-0.4, -0.2) is 23.3 Å². The summed E-state index contributed by atoms with van der Waals surface area (Å²) in [6.07, 6.45) is 5.08. The van der Waals surface area contributed by atoms with E-state index in [1.807, 2.05) is 6.92 Å². The van der Waals surface area contributed by atoms with Crippen molar-refractivity contribution in [1.29, 1.82) is 0 Å². The van der Waals surface area contributed by atoms with Gasteiger partial charge in [-0.2, -0.15) is 0 Å². The van der Waals surface area contributed by atoms with E-state index in [2.05, 4.69) is 13.8 Å². The van der Waals surface area contributed by atoms with E-state index in [-0.39, 0.29) is 83.6 Å². The zero-order valence-corrected chi connectivity index (χ0v) is 18.9. The number of carboxylic acids is 1. The number of ketones is 3. The molecule has 0 heterocycles. The van der Waals surface area contributed by atoms with Crippen LogP contribution in [0, 0.1) is 46.3 Å². The van der Waals surface area contributed by atoms with E-state index in [0.29, 0.717) is 32.1 Å². The number of rotatable bonds is 4. The van der Waals surface area contributed by atoms with Crippen molar-refractivity contribution in [2.24, 2.45) is 46.3 Å². The van der Waals surface area contributed by atoms with E-state index < -0.39 is 11.4 Å². The Labute approximate surface area is 191 Å². The molecule has 30 heavy (non-hydrogen) atoms. The van der Waals surface area contributed by atoms with E-state index >= 15 is 0 Å². The molecule has 3 unspecified atom stereocenters. The van der Waals surface area contributed by atoms with Gasteiger partial charge in [-0.15, -0.1) is 0 Å². The first-order valence-corrected chi connectivity index (χ1v) is 11.4. The molecular formula is C24H33LiO5. The molecule has 0 aliphatic heterocycles. The molecule has 4 saturated carbocycles. The first-order valence-electron chi connectivity index (χ1n) is 11.4. The molecule has 0 N–H and O–H groups in total. The average Bonchev–Trinajstić information content (AvgIpc) is 3.01. The Kier molecular flexibility index (Phi) is 6.49. The van der Waals surface area contributed by atoms with Crippen LogP contribution in [0.4, 0.5) is 0 Å². The molecule has 4 fully saturated rings. The third-order valence-corrected chi connectivity index (χ3v) is 9.71. The fourth-order valence-corrected chi connectivity index (χ4v) is 7.94. The molecule has 4 rings (SSSR count). The fraction of sp³-hybridized carbons (Fsp3) is 0.833. The van der Waals surface area contributed by atoms with Gasteiger partial charge in [0.25, 0.3) is 0 Å². The van der Waals surface area contributed by atoms with Gasteiger partial charge in [0.05, 0.1) is 0 Å². The Bertz CT molecular complexity index is 763. The molecule has 0 radical (unpaired) electrons. The molecule has 0 saturated heterocycles. The number of carbonyl (C=O) groups excluding carboxylic acids is 4. The number of hydrogen-bond acceptors (Lipinski definition) is 5. The standard InChI is InChI=1S/C24H34O5.Li/c1-13(4-7-21(28)29)16-5-6-17-22-18(12-20(27)24(16,17)3)23(2)9-8-15(25)10-14(23)11-19(22)26;/h13-14,16-18,22H,4-12H2,1-3H3,(H,28,29);/q;+1/p-1/t13-,14+,16-,17?,18?,22?,23+,24-;/m1./s1. The van der Waals surface area contributed by atoms with Crippen molar-refractivity contribution in [1.82, 2.24) is 0 Å². The number of Topliss-reactive ketones (excluding diaryl/α,β-unsaturated/α-hetero) is 3. The molecule has 4 aliphatic carbocycles. The number of carboxylic acid groups (broad SMARTS) is 1. The summed E-state index contributed by atoms with van der Waals surface area (Å²) >= 11 is 0. The topological polar surface area (TPSA) is 91.3 Å². The second-order valence-corrected chi connectivity index (χ2v) is 10.8. The van der Waals surface area contributed by atoms with Crippen LogP contribution in [0.2, 0.25) is 0 Å². The molecule has 5 nitrogen and oxygen atoms in total. The van der Waals surface area contributed by atoms with Crippen LogP contribution in [0.15, 0.2) is 0 Å². The zero-order chi connectivity index (χ0) is 21.1. The van der Waals surface area contributed by atoms with Gasteiger partial charge in [-0.05, 0) is 67.1 Å². The molecular weight excluding hydrogens is 375 g/mol. The Hall–Kier alpha value is -0.923. The monoisotopic (exact) mass is 408 g/mol. The molecule has 6 heteroatoms. The summed E-state index contributed by atoms with van der Waals surface area (Å²) in [7, 11) is 0. The van der Waals surface area contributed by atoms with Gasteiger partial charge < -0.3 is 9.90 Å². The third kappa shape index (κ3) is 3.45. The van der Waals surface area contributed by atoms with E-state index in [4.69, 9.17) is 0 Å². The molecule has 0 aromatic carbocycles. The van der Waals surface area contributed by atoms with Crippen molar-refractivity contribution >= 4 is 23.3 Å².